The van der Waals surface area contributed by atoms with Gasteiger partial charge in [-0.15, -0.1) is 0 Å². The zero-order valence-corrected chi connectivity index (χ0v) is 32.8. The lowest BCUT2D eigenvalue weighted by Crippen LogP contribution is -2.45. The second-order valence-electron chi connectivity index (χ2n) is 13.9. The minimum Gasteiger partial charge on any atom is -0.387 e. The van der Waals surface area contributed by atoms with Crippen LogP contribution < -0.4 is 11.1 Å². The molecule has 290 valence electrons. The van der Waals surface area contributed by atoms with E-state index in [1.54, 1.807) is 12.2 Å². The van der Waals surface area contributed by atoms with Gasteiger partial charge in [-0.3, -0.25) is 13.8 Å². The molecule has 0 aromatic heterocycles. The van der Waals surface area contributed by atoms with Crippen molar-refractivity contribution in [1.29, 1.82) is 0 Å². The van der Waals surface area contributed by atoms with Crippen molar-refractivity contribution in [2.24, 2.45) is 5.73 Å². The molecule has 0 aliphatic rings. The molecule has 3 atom stereocenters. The third kappa shape index (κ3) is 35.2. The smallest absolute Gasteiger partial charge is 0.387 e. The molecule has 0 rings (SSSR count). The Kier molecular flexibility index (Phi) is 36.0. The SMILES string of the molecule is CCCCCCCCC/C=C/C=C/[C@@H](O)[C@H](COP(=O)(O)OCCN)NC(=O)CCCCCCCCCCCCCCCCCCCCC. The summed E-state index contributed by atoms with van der Waals surface area (Å²) < 4.78 is 22.0. The molecule has 0 radical (unpaired) electrons. The molecule has 0 saturated carbocycles. The number of allylic oxidation sites excluding steroid dienone is 3. The number of phosphoric ester groups is 1. The van der Waals surface area contributed by atoms with Crippen LogP contribution in [0.2, 0.25) is 0 Å². The molecule has 8 nitrogen and oxygen atoms in total. The highest BCUT2D eigenvalue weighted by molar-refractivity contribution is 7.47. The first-order valence-corrected chi connectivity index (χ1v) is 22.0. The maximum atomic E-state index is 12.7. The average molecular weight is 715 g/mol. The second-order valence-corrected chi connectivity index (χ2v) is 15.3. The molecule has 0 aliphatic carbocycles. The van der Waals surface area contributed by atoms with Gasteiger partial charge in [-0.1, -0.05) is 192 Å². The van der Waals surface area contributed by atoms with E-state index in [0.29, 0.717) is 6.42 Å². The summed E-state index contributed by atoms with van der Waals surface area (Å²) in [6.45, 7) is 4.08. The van der Waals surface area contributed by atoms with E-state index in [0.717, 1.165) is 32.1 Å². The third-order valence-electron chi connectivity index (χ3n) is 9.09. The van der Waals surface area contributed by atoms with Crippen LogP contribution in [0.3, 0.4) is 0 Å². The lowest BCUT2D eigenvalue weighted by molar-refractivity contribution is -0.123. The van der Waals surface area contributed by atoms with E-state index in [1.807, 2.05) is 6.08 Å². The lowest BCUT2D eigenvalue weighted by Gasteiger charge is -2.23. The highest BCUT2D eigenvalue weighted by Gasteiger charge is 2.26. The van der Waals surface area contributed by atoms with Gasteiger partial charge in [-0.25, -0.2) is 4.57 Å². The van der Waals surface area contributed by atoms with Crippen LogP contribution in [0, 0.1) is 0 Å². The summed E-state index contributed by atoms with van der Waals surface area (Å²) in [5.41, 5.74) is 5.35. The topological polar surface area (TPSA) is 131 Å². The molecule has 49 heavy (non-hydrogen) atoms. The van der Waals surface area contributed by atoms with Crippen molar-refractivity contribution in [3.8, 4) is 0 Å². The first-order valence-electron chi connectivity index (χ1n) is 20.5. The number of carbonyl (C=O) groups is 1. The van der Waals surface area contributed by atoms with Gasteiger partial charge in [0.1, 0.15) is 0 Å². The first kappa shape index (κ1) is 48.0. The van der Waals surface area contributed by atoms with Crippen LogP contribution >= 0.6 is 7.82 Å². The summed E-state index contributed by atoms with van der Waals surface area (Å²) in [7, 11) is -4.34. The molecular formula is C40H79N2O6P. The van der Waals surface area contributed by atoms with Gasteiger partial charge in [0.2, 0.25) is 5.91 Å². The number of amides is 1. The van der Waals surface area contributed by atoms with Crippen LogP contribution in [0.4, 0.5) is 0 Å². The van der Waals surface area contributed by atoms with Gasteiger partial charge < -0.3 is 21.1 Å². The number of hydrogen-bond donors (Lipinski definition) is 4. The van der Waals surface area contributed by atoms with Crippen LogP contribution in [0.25, 0.3) is 0 Å². The molecule has 0 spiro atoms. The molecule has 5 N–H and O–H groups in total. The summed E-state index contributed by atoms with van der Waals surface area (Å²) in [5, 5.41) is 13.6. The van der Waals surface area contributed by atoms with E-state index in [9.17, 15) is 19.4 Å². The number of aliphatic hydroxyl groups is 1. The summed E-state index contributed by atoms with van der Waals surface area (Å²) in [6.07, 6.45) is 41.0. The Morgan fingerprint density at radius 3 is 1.55 bits per heavy atom. The van der Waals surface area contributed by atoms with Gasteiger partial charge in [0.05, 0.1) is 25.4 Å². The molecule has 1 amide bonds. The van der Waals surface area contributed by atoms with E-state index in [1.165, 1.54) is 141 Å². The van der Waals surface area contributed by atoms with Crippen LogP contribution in [-0.4, -0.2) is 47.8 Å². The highest BCUT2D eigenvalue weighted by atomic mass is 31.2. The van der Waals surface area contributed by atoms with Gasteiger partial charge >= 0.3 is 7.82 Å². The predicted octanol–water partition coefficient (Wildman–Crippen LogP) is 11.0. The van der Waals surface area contributed by atoms with Gasteiger partial charge in [0, 0.05) is 13.0 Å². The number of unbranched alkanes of at least 4 members (excludes halogenated alkanes) is 25. The van der Waals surface area contributed by atoms with Gasteiger partial charge in [0.25, 0.3) is 0 Å². The van der Waals surface area contributed by atoms with Gasteiger partial charge in [-0.2, -0.15) is 0 Å². The summed E-state index contributed by atoms with van der Waals surface area (Å²) >= 11 is 0. The first-order chi connectivity index (χ1) is 23.9. The van der Waals surface area contributed by atoms with Crippen LogP contribution in [0.1, 0.15) is 194 Å². The molecule has 0 aromatic carbocycles. The minimum absolute atomic E-state index is 0.0735. The number of phosphoric acid groups is 1. The number of nitrogens with two attached hydrogens (primary N) is 1. The molecule has 0 aliphatic heterocycles. The number of aliphatic hydroxyl groups excluding tert-OH is 1. The number of carbonyl (C=O) groups excluding carboxylic acids is 1. The van der Waals surface area contributed by atoms with Crippen LogP contribution in [0.15, 0.2) is 24.3 Å². The Hall–Kier alpha value is -1.02. The van der Waals surface area contributed by atoms with E-state index < -0.39 is 20.0 Å². The Morgan fingerprint density at radius 2 is 1.10 bits per heavy atom. The number of hydrogen-bond acceptors (Lipinski definition) is 6. The van der Waals surface area contributed by atoms with Crippen molar-refractivity contribution in [3.63, 3.8) is 0 Å². The van der Waals surface area contributed by atoms with Crippen molar-refractivity contribution < 1.29 is 28.4 Å². The molecule has 9 heteroatoms. The van der Waals surface area contributed by atoms with Gasteiger partial charge in [0.15, 0.2) is 0 Å². The Balaban J connectivity index is 4.19. The molecule has 0 fully saturated rings. The number of nitrogens with one attached hydrogen (secondary N) is 1. The van der Waals surface area contributed by atoms with E-state index in [2.05, 4.69) is 25.2 Å². The van der Waals surface area contributed by atoms with Crippen molar-refractivity contribution in [1.82, 2.24) is 5.32 Å². The summed E-state index contributed by atoms with van der Waals surface area (Å²) in [6, 6.07) is -0.887. The van der Waals surface area contributed by atoms with E-state index in [4.69, 9.17) is 14.8 Å². The second kappa shape index (κ2) is 36.8. The van der Waals surface area contributed by atoms with Crippen LogP contribution in [0.5, 0.6) is 0 Å². The fourth-order valence-electron chi connectivity index (χ4n) is 5.95. The maximum Gasteiger partial charge on any atom is 0.472 e. The molecular weight excluding hydrogens is 635 g/mol. The third-order valence-corrected chi connectivity index (χ3v) is 10.1. The molecule has 1 unspecified atom stereocenters. The lowest BCUT2D eigenvalue weighted by atomic mass is 10.0. The predicted molar refractivity (Wildman–Crippen MR) is 208 cm³/mol. The zero-order chi connectivity index (χ0) is 36.1. The fourth-order valence-corrected chi connectivity index (χ4v) is 6.71. The van der Waals surface area contributed by atoms with E-state index >= 15 is 0 Å². The molecule has 0 aromatic rings. The average Bonchev–Trinajstić information content (AvgIpc) is 3.09. The fraction of sp³-hybridized carbons (Fsp3) is 0.875. The van der Waals surface area contributed by atoms with Crippen molar-refractivity contribution in [2.45, 2.75) is 206 Å². The van der Waals surface area contributed by atoms with Crippen molar-refractivity contribution >= 4 is 13.7 Å². The molecule has 0 bridgehead atoms. The highest BCUT2D eigenvalue weighted by Crippen LogP contribution is 2.43. The Labute approximate surface area is 302 Å². The Morgan fingerprint density at radius 1 is 0.673 bits per heavy atom. The number of rotatable bonds is 38. The summed E-state index contributed by atoms with van der Waals surface area (Å²) in [4.78, 5) is 22.6. The van der Waals surface area contributed by atoms with E-state index in [-0.39, 0.29) is 25.7 Å². The summed E-state index contributed by atoms with van der Waals surface area (Å²) in [5.74, 6) is -0.210. The van der Waals surface area contributed by atoms with Crippen molar-refractivity contribution in [3.05, 3.63) is 24.3 Å². The quantitative estimate of drug-likeness (QED) is 0.0284. The molecule has 0 heterocycles. The minimum atomic E-state index is -4.34. The largest absolute Gasteiger partial charge is 0.472 e. The Bertz CT molecular complexity index is 825. The maximum absolute atomic E-state index is 12.7. The monoisotopic (exact) mass is 715 g/mol. The van der Waals surface area contributed by atoms with Crippen LogP contribution in [-0.2, 0) is 18.4 Å². The molecule has 0 saturated heterocycles. The normalized spacial score (nSPS) is 14.5. The standard InChI is InChI=1S/C40H79N2O6P/c1-3-5-7-9-11-13-15-16-17-18-19-20-21-22-24-26-28-30-32-34-40(44)42-38(37-48-49(45,46)47-36-35-41)39(43)33-31-29-27-25-23-14-12-10-8-6-4-2/h27,29,31,33,38-39,43H,3-26,28,30,32,34-37,41H2,1-2H3,(H,42,44)(H,45,46)/b29-27+,33-31+/t38-,39+/m0/s1. The van der Waals surface area contributed by atoms with Crippen molar-refractivity contribution in [2.75, 3.05) is 19.8 Å². The van der Waals surface area contributed by atoms with Gasteiger partial charge in [-0.05, 0) is 19.3 Å². The zero-order valence-electron chi connectivity index (χ0n) is 31.9.